The molecule has 0 radical (unpaired) electrons. The maximum atomic E-state index is 2.70. The molecule has 3 aliphatic rings. The van der Waals surface area contributed by atoms with Gasteiger partial charge < -0.3 is 0 Å². The van der Waals surface area contributed by atoms with Gasteiger partial charge in [-0.25, -0.2) is 0 Å². The molecule has 2 fully saturated rings. The molecule has 0 aromatic rings. The van der Waals surface area contributed by atoms with Crippen molar-refractivity contribution in [1.82, 2.24) is 0 Å². The molecule has 3 aliphatic carbocycles. The van der Waals surface area contributed by atoms with E-state index in [-0.39, 0.29) is 0 Å². The topological polar surface area (TPSA) is 0 Å². The molecule has 26 heavy (non-hydrogen) atoms. The Labute approximate surface area is 164 Å². The van der Waals surface area contributed by atoms with E-state index in [2.05, 4.69) is 47.6 Å². The molecule has 2 saturated carbocycles. The predicted octanol–water partition coefficient (Wildman–Crippen LogP) is 8.42. The third-order valence-corrected chi connectivity index (χ3v) is 9.40. The summed E-state index contributed by atoms with van der Waals surface area (Å²) in [6.45, 7) is 14.9. The van der Waals surface area contributed by atoms with Gasteiger partial charge in [0.25, 0.3) is 0 Å². The summed E-state index contributed by atoms with van der Waals surface area (Å²) in [5, 5.41) is 0. The van der Waals surface area contributed by atoms with E-state index in [4.69, 9.17) is 0 Å². The van der Waals surface area contributed by atoms with Crippen molar-refractivity contribution in [3.63, 3.8) is 0 Å². The second kappa shape index (κ2) is 8.00. The minimum Gasteiger partial charge on any atom is -0.0848 e. The van der Waals surface area contributed by atoms with Crippen LogP contribution in [0.2, 0.25) is 0 Å². The standard InChI is InChI=1S/C26H46/c1-7-17-25(5)20(4)12-14-22-23-15-13-21(11-9-8-10-19(2)3)26(23,6)18-16-24(22)25/h12,19,21-24H,7-11,13-18H2,1-6H3. The molecule has 0 nitrogen and oxygen atoms in total. The summed E-state index contributed by atoms with van der Waals surface area (Å²) in [4.78, 5) is 0. The van der Waals surface area contributed by atoms with Crippen molar-refractivity contribution in [2.45, 2.75) is 112 Å². The van der Waals surface area contributed by atoms with Gasteiger partial charge in [-0.1, -0.05) is 72.0 Å². The van der Waals surface area contributed by atoms with Crippen LogP contribution in [0.3, 0.4) is 0 Å². The van der Waals surface area contributed by atoms with Crippen LogP contribution in [0, 0.1) is 40.4 Å². The van der Waals surface area contributed by atoms with E-state index < -0.39 is 0 Å². The Balaban J connectivity index is 1.69. The summed E-state index contributed by atoms with van der Waals surface area (Å²) in [7, 11) is 0. The lowest BCUT2D eigenvalue weighted by Crippen LogP contribution is -2.48. The minimum atomic E-state index is 0.494. The Morgan fingerprint density at radius 3 is 2.54 bits per heavy atom. The SMILES string of the molecule is CCCC1(C)C(C)=CCC2C1CCC1(C)C(CCCCC(C)C)CCC21. The van der Waals surface area contributed by atoms with Crippen molar-refractivity contribution in [3.05, 3.63) is 11.6 Å². The summed E-state index contributed by atoms with van der Waals surface area (Å²) >= 11 is 0. The van der Waals surface area contributed by atoms with Crippen molar-refractivity contribution in [2.75, 3.05) is 0 Å². The summed E-state index contributed by atoms with van der Waals surface area (Å²) in [6.07, 6.45) is 18.7. The number of unbranched alkanes of at least 4 members (excludes halogenated alkanes) is 1. The van der Waals surface area contributed by atoms with Crippen molar-refractivity contribution in [3.8, 4) is 0 Å². The second-order valence-electron chi connectivity index (χ2n) is 11.2. The largest absolute Gasteiger partial charge is 0.0848 e. The van der Waals surface area contributed by atoms with Gasteiger partial charge in [-0.15, -0.1) is 0 Å². The fourth-order valence-electron chi connectivity index (χ4n) is 7.67. The third kappa shape index (κ3) is 3.56. The van der Waals surface area contributed by atoms with Gasteiger partial charge in [0, 0.05) is 0 Å². The highest BCUT2D eigenvalue weighted by molar-refractivity contribution is 5.21. The van der Waals surface area contributed by atoms with Crippen molar-refractivity contribution in [1.29, 1.82) is 0 Å². The fraction of sp³-hybridized carbons (Fsp3) is 0.923. The Morgan fingerprint density at radius 1 is 1.08 bits per heavy atom. The summed E-state index contributed by atoms with van der Waals surface area (Å²) in [5.74, 6) is 4.85. The molecule has 0 spiro atoms. The molecule has 0 heterocycles. The molecule has 0 N–H and O–H groups in total. The first-order chi connectivity index (χ1) is 12.3. The van der Waals surface area contributed by atoms with Crippen LogP contribution in [0.4, 0.5) is 0 Å². The predicted molar refractivity (Wildman–Crippen MR) is 115 cm³/mol. The first-order valence-corrected chi connectivity index (χ1v) is 12.0. The molecule has 6 unspecified atom stereocenters. The lowest BCUT2D eigenvalue weighted by molar-refractivity contribution is -0.0378. The van der Waals surface area contributed by atoms with E-state index in [1.165, 1.54) is 70.6 Å². The number of fused-ring (bicyclic) bond motifs is 3. The average Bonchev–Trinajstić information content (AvgIpc) is 2.92. The van der Waals surface area contributed by atoms with Gasteiger partial charge >= 0.3 is 0 Å². The highest BCUT2D eigenvalue weighted by Crippen LogP contribution is 2.65. The zero-order valence-electron chi connectivity index (χ0n) is 18.7. The van der Waals surface area contributed by atoms with E-state index in [0.29, 0.717) is 10.8 Å². The molecule has 0 heteroatoms. The van der Waals surface area contributed by atoms with Crippen molar-refractivity contribution in [2.24, 2.45) is 40.4 Å². The Hall–Kier alpha value is -0.260. The Bertz CT molecular complexity index is 500. The molecule has 0 aromatic heterocycles. The maximum absolute atomic E-state index is 2.70. The molecule has 6 atom stereocenters. The van der Waals surface area contributed by atoms with Gasteiger partial charge in [-0.05, 0) is 92.3 Å². The number of hydrogen-bond donors (Lipinski definition) is 0. The van der Waals surface area contributed by atoms with Crippen LogP contribution in [0.15, 0.2) is 11.6 Å². The summed E-state index contributed by atoms with van der Waals surface area (Å²) < 4.78 is 0. The van der Waals surface area contributed by atoms with Crippen molar-refractivity contribution >= 4 is 0 Å². The maximum Gasteiger partial charge on any atom is -0.00882 e. The molecule has 3 rings (SSSR count). The normalized spacial score (nSPS) is 42.5. The van der Waals surface area contributed by atoms with Crippen LogP contribution < -0.4 is 0 Å². The third-order valence-electron chi connectivity index (χ3n) is 9.40. The van der Waals surface area contributed by atoms with Crippen LogP contribution in [0.1, 0.15) is 112 Å². The monoisotopic (exact) mass is 358 g/mol. The van der Waals surface area contributed by atoms with Crippen LogP contribution in [-0.4, -0.2) is 0 Å². The van der Waals surface area contributed by atoms with Gasteiger partial charge in [-0.2, -0.15) is 0 Å². The van der Waals surface area contributed by atoms with E-state index in [1.807, 2.05) is 0 Å². The van der Waals surface area contributed by atoms with Crippen LogP contribution in [-0.2, 0) is 0 Å². The van der Waals surface area contributed by atoms with Crippen molar-refractivity contribution < 1.29 is 0 Å². The molecule has 0 bridgehead atoms. The number of rotatable bonds is 7. The molecule has 0 amide bonds. The van der Waals surface area contributed by atoms with E-state index >= 15 is 0 Å². The zero-order valence-corrected chi connectivity index (χ0v) is 18.7. The van der Waals surface area contributed by atoms with Gasteiger partial charge in [0.15, 0.2) is 0 Å². The summed E-state index contributed by atoms with van der Waals surface area (Å²) in [5.41, 5.74) is 2.87. The highest BCUT2D eigenvalue weighted by Gasteiger charge is 2.56. The van der Waals surface area contributed by atoms with E-state index in [9.17, 15) is 0 Å². The lowest BCUT2D eigenvalue weighted by Gasteiger charge is -2.56. The van der Waals surface area contributed by atoms with Gasteiger partial charge in [0.1, 0.15) is 0 Å². The quantitative estimate of drug-likeness (QED) is 0.316. The molecule has 0 aliphatic heterocycles. The first kappa shape index (κ1) is 20.5. The number of hydrogen-bond acceptors (Lipinski definition) is 0. The van der Waals surface area contributed by atoms with Gasteiger partial charge in [-0.3, -0.25) is 0 Å². The van der Waals surface area contributed by atoms with Gasteiger partial charge in [0.2, 0.25) is 0 Å². The zero-order chi connectivity index (χ0) is 18.9. The minimum absolute atomic E-state index is 0.494. The second-order valence-corrected chi connectivity index (χ2v) is 11.2. The first-order valence-electron chi connectivity index (χ1n) is 12.0. The van der Waals surface area contributed by atoms with Crippen LogP contribution >= 0.6 is 0 Å². The van der Waals surface area contributed by atoms with Gasteiger partial charge in [0.05, 0.1) is 0 Å². The number of allylic oxidation sites excluding steroid dienone is 2. The Morgan fingerprint density at radius 2 is 1.85 bits per heavy atom. The molecule has 0 aromatic carbocycles. The smallest absolute Gasteiger partial charge is 0.00882 e. The average molecular weight is 359 g/mol. The van der Waals surface area contributed by atoms with E-state index in [1.54, 1.807) is 5.57 Å². The molecule has 0 saturated heterocycles. The molecular weight excluding hydrogens is 312 g/mol. The van der Waals surface area contributed by atoms with Crippen LogP contribution in [0.25, 0.3) is 0 Å². The van der Waals surface area contributed by atoms with E-state index in [0.717, 1.165) is 29.6 Å². The fourth-order valence-corrected chi connectivity index (χ4v) is 7.67. The Kier molecular flexibility index (Phi) is 6.30. The summed E-state index contributed by atoms with van der Waals surface area (Å²) in [6, 6.07) is 0. The molecular formula is C26H46. The van der Waals surface area contributed by atoms with Crippen LogP contribution in [0.5, 0.6) is 0 Å². The highest BCUT2D eigenvalue weighted by atomic mass is 14.6. The molecule has 150 valence electrons. The lowest BCUT2D eigenvalue weighted by atomic mass is 9.48.